The Labute approximate surface area is 170 Å². The number of nitrogens with two attached hydrogens (primary N) is 1. The van der Waals surface area contributed by atoms with Gasteiger partial charge in [0.1, 0.15) is 12.1 Å². The van der Waals surface area contributed by atoms with E-state index in [1.54, 1.807) is 18.9 Å². The number of nitrogen functional groups attached to an aromatic ring is 1. The molecule has 0 unspecified atom stereocenters. The van der Waals surface area contributed by atoms with Crippen LogP contribution in [0.15, 0.2) is 34.6 Å². The van der Waals surface area contributed by atoms with E-state index in [4.69, 9.17) is 15.5 Å². The first-order valence-corrected chi connectivity index (χ1v) is 10.2. The maximum Gasteiger partial charge on any atom is 0.175 e. The molecule has 9 heteroatoms. The lowest BCUT2D eigenvalue weighted by atomic mass is 10.3. The number of rotatable bonds is 8. The summed E-state index contributed by atoms with van der Waals surface area (Å²) in [5, 5.41) is 4.20. The molecule has 7 nitrogen and oxygen atoms in total. The molecule has 0 aliphatic carbocycles. The van der Waals surface area contributed by atoms with Crippen LogP contribution in [-0.4, -0.2) is 39.7 Å². The number of nitrogens with one attached hydrogen (secondary N) is 1. The molecule has 0 saturated carbocycles. The van der Waals surface area contributed by atoms with Crippen LogP contribution in [0.2, 0.25) is 0 Å². The fourth-order valence-electron chi connectivity index (χ4n) is 2.54. The highest BCUT2D eigenvalue weighted by Crippen LogP contribution is 2.35. The zero-order chi connectivity index (χ0) is 18.5. The predicted molar refractivity (Wildman–Crippen MR) is 113 cm³/mol. The number of hydrogen-bond acceptors (Lipinski definition) is 7. The quantitative estimate of drug-likeness (QED) is 0.375. The van der Waals surface area contributed by atoms with E-state index in [1.165, 1.54) is 6.33 Å². The predicted octanol–water partition coefficient (Wildman–Crippen LogP) is 3.17. The molecule has 2 heterocycles. The number of methoxy groups -OCH3 is 1. The summed E-state index contributed by atoms with van der Waals surface area (Å²) in [5.74, 6) is 1.23. The number of anilines is 1. The molecule has 0 bridgehead atoms. The van der Waals surface area contributed by atoms with Gasteiger partial charge in [-0.25, -0.2) is 15.0 Å². The van der Waals surface area contributed by atoms with Crippen molar-refractivity contribution >= 4 is 51.3 Å². The highest BCUT2D eigenvalue weighted by atomic mass is 127. The van der Waals surface area contributed by atoms with Gasteiger partial charge in [0.25, 0.3) is 0 Å². The highest BCUT2D eigenvalue weighted by molar-refractivity contribution is 14.1. The summed E-state index contributed by atoms with van der Waals surface area (Å²) >= 11 is 3.91. The Morgan fingerprint density at radius 1 is 1.35 bits per heavy atom. The lowest BCUT2D eigenvalue weighted by molar-refractivity contribution is 0.413. The molecule has 0 radical (unpaired) electrons. The van der Waals surface area contributed by atoms with Crippen molar-refractivity contribution in [2.75, 3.05) is 25.9 Å². The molecular formula is C17H21IN6OS. The summed E-state index contributed by atoms with van der Waals surface area (Å²) in [6.07, 6.45) is 2.47. The number of benzene rings is 1. The molecule has 1 aromatic carbocycles. The molecule has 3 N–H and O–H groups in total. The number of imidazole rings is 1. The minimum atomic E-state index is 0.405. The molecule has 2 aromatic heterocycles. The fraction of sp³-hybridized carbons (Fsp3) is 0.353. The van der Waals surface area contributed by atoms with Crippen LogP contribution in [0, 0.1) is 3.57 Å². The lowest BCUT2D eigenvalue weighted by Crippen LogP contribution is -2.16. The van der Waals surface area contributed by atoms with Gasteiger partial charge in [-0.05, 0) is 60.3 Å². The molecule has 26 heavy (non-hydrogen) atoms. The minimum Gasteiger partial charge on any atom is -0.497 e. The van der Waals surface area contributed by atoms with Gasteiger partial charge in [-0.1, -0.05) is 18.7 Å². The van der Waals surface area contributed by atoms with Crippen LogP contribution >= 0.6 is 34.4 Å². The molecule has 0 atom stereocenters. The van der Waals surface area contributed by atoms with E-state index < -0.39 is 0 Å². The summed E-state index contributed by atoms with van der Waals surface area (Å²) < 4.78 is 8.61. The van der Waals surface area contributed by atoms with Gasteiger partial charge in [0.15, 0.2) is 22.1 Å². The maximum atomic E-state index is 6.01. The van der Waals surface area contributed by atoms with Crippen molar-refractivity contribution in [3.63, 3.8) is 0 Å². The van der Waals surface area contributed by atoms with Crippen LogP contribution in [-0.2, 0) is 6.54 Å². The maximum absolute atomic E-state index is 6.01. The Morgan fingerprint density at radius 3 is 2.96 bits per heavy atom. The number of fused-ring (bicyclic) bond motifs is 1. The van der Waals surface area contributed by atoms with Crippen molar-refractivity contribution < 1.29 is 4.74 Å². The molecule has 0 amide bonds. The number of aromatic nitrogens is 4. The second-order valence-corrected chi connectivity index (χ2v) is 7.75. The Hall–Kier alpha value is -1.59. The third kappa shape index (κ3) is 4.21. The summed E-state index contributed by atoms with van der Waals surface area (Å²) in [7, 11) is 1.67. The second kappa shape index (κ2) is 8.87. The van der Waals surface area contributed by atoms with E-state index in [0.29, 0.717) is 11.3 Å². The largest absolute Gasteiger partial charge is 0.497 e. The fourth-order valence-corrected chi connectivity index (χ4v) is 4.17. The van der Waals surface area contributed by atoms with Gasteiger partial charge in [-0.2, -0.15) is 0 Å². The van der Waals surface area contributed by atoms with Crippen LogP contribution in [0.5, 0.6) is 5.75 Å². The Morgan fingerprint density at radius 2 is 2.19 bits per heavy atom. The smallest absolute Gasteiger partial charge is 0.175 e. The molecule has 0 fully saturated rings. The van der Waals surface area contributed by atoms with Gasteiger partial charge in [0, 0.05) is 15.0 Å². The van der Waals surface area contributed by atoms with E-state index in [1.807, 2.05) is 18.2 Å². The molecule has 0 aliphatic rings. The standard InChI is InChI=1S/C17H21IN6OS/c1-3-20-7-4-8-24-16-14(15(19)21-10-22-16)23-17(24)26-13-9-11(25-2)5-6-12(13)18/h5-6,9-10,20H,3-4,7-8H2,1-2H3,(H2,19,21,22). The molecule has 3 aromatic rings. The summed E-state index contributed by atoms with van der Waals surface area (Å²) in [4.78, 5) is 14.3. The second-order valence-electron chi connectivity index (χ2n) is 5.58. The van der Waals surface area contributed by atoms with Gasteiger partial charge in [0.05, 0.1) is 7.11 Å². The summed E-state index contributed by atoms with van der Waals surface area (Å²) in [6.45, 7) is 4.82. The van der Waals surface area contributed by atoms with E-state index in [0.717, 1.165) is 51.1 Å². The molecule has 0 saturated heterocycles. The Bertz CT molecular complexity index is 900. The van der Waals surface area contributed by atoms with Gasteiger partial charge in [-0.3, -0.25) is 0 Å². The van der Waals surface area contributed by atoms with Crippen LogP contribution < -0.4 is 15.8 Å². The first kappa shape index (κ1) is 19.2. The summed E-state index contributed by atoms with van der Waals surface area (Å²) in [6, 6.07) is 6.01. The Kier molecular flexibility index (Phi) is 6.54. The monoisotopic (exact) mass is 484 g/mol. The minimum absolute atomic E-state index is 0.405. The van der Waals surface area contributed by atoms with Crippen LogP contribution in [0.25, 0.3) is 11.2 Å². The van der Waals surface area contributed by atoms with Crippen molar-refractivity contribution in [2.45, 2.75) is 29.9 Å². The van der Waals surface area contributed by atoms with Crippen molar-refractivity contribution in [1.29, 1.82) is 0 Å². The van der Waals surface area contributed by atoms with E-state index in [-0.39, 0.29) is 0 Å². The van der Waals surface area contributed by atoms with Crippen molar-refractivity contribution in [3.8, 4) is 5.75 Å². The van der Waals surface area contributed by atoms with Crippen molar-refractivity contribution in [3.05, 3.63) is 28.1 Å². The Balaban J connectivity index is 1.97. The molecule has 0 aliphatic heterocycles. The highest BCUT2D eigenvalue weighted by Gasteiger charge is 2.17. The third-order valence-electron chi connectivity index (χ3n) is 3.85. The third-order valence-corrected chi connectivity index (χ3v) is 6.21. The summed E-state index contributed by atoms with van der Waals surface area (Å²) in [5.41, 5.74) is 7.44. The average Bonchev–Trinajstić information content (AvgIpc) is 2.99. The lowest BCUT2D eigenvalue weighted by Gasteiger charge is -2.10. The topological polar surface area (TPSA) is 90.9 Å². The number of nitrogens with zero attached hydrogens (tertiary/aromatic N) is 4. The zero-order valence-corrected chi connectivity index (χ0v) is 17.7. The van der Waals surface area contributed by atoms with Crippen LogP contribution in [0.4, 0.5) is 5.82 Å². The van der Waals surface area contributed by atoms with E-state index in [2.05, 4.69) is 49.4 Å². The van der Waals surface area contributed by atoms with Gasteiger partial charge >= 0.3 is 0 Å². The van der Waals surface area contributed by atoms with E-state index >= 15 is 0 Å². The molecular weight excluding hydrogens is 463 g/mol. The number of halogens is 1. The number of aryl methyl sites for hydroxylation is 1. The van der Waals surface area contributed by atoms with Crippen molar-refractivity contribution in [1.82, 2.24) is 24.8 Å². The zero-order valence-electron chi connectivity index (χ0n) is 14.7. The number of ether oxygens (including phenoxy) is 1. The molecule has 0 spiro atoms. The van der Waals surface area contributed by atoms with E-state index in [9.17, 15) is 0 Å². The van der Waals surface area contributed by atoms with Crippen molar-refractivity contribution in [2.24, 2.45) is 0 Å². The van der Waals surface area contributed by atoms with Gasteiger partial charge < -0.3 is 20.4 Å². The molecule has 138 valence electrons. The van der Waals surface area contributed by atoms with Gasteiger partial charge in [-0.15, -0.1) is 0 Å². The first-order valence-electron chi connectivity index (χ1n) is 8.32. The SMILES string of the molecule is CCNCCCn1c(Sc2cc(OC)ccc2I)nc2c(N)ncnc21. The average molecular weight is 484 g/mol. The number of hydrogen-bond donors (Lipinski definition) is 2. The van der Waals surface area contributed by atoms with Crippen LogP contribution in [0.1, 0.15) is 13.3 Å². The van der Waals surface area contributed by atoms with Gasteiger partial charge in [0.2, 0.25) is 0 Å². The molecule has 3 rings (SSSR count). The normalized spacial score (nSPS) is 11.2. The first-order chi connectivity index (χ1) is 12.6. The van der Waals surface area contributed by atoms with Crippen LogP contribution in [0.3, 0.4) is 0 Å².